The molecule has 0 saturated heterocycles. The Hall–Kier alpha value is -1.85. The molecular weight excluding hydrogens is 697 g/mol. The van der Waals surface area contributed by atoms with Crippen LogP contribution in [0.4, 0.5) is 0 Å². The molecule has 0 fully saturated rings. The van der Waals surface area contributed by atoms with Crippen molar-refractivity contribution in [3.8, 4) is 0 Å². The number of hydrogen-bond donors (Lipinski definition) is 0. The van der Waals surface area contributed by atoms with Crippen molar-refractivity contribution in [3.05, 3.63) is 12.2 Å². The molecule has 0 aliphatic carbocycles. The monoisotopic (exact) mass is 791 g/mol. The normalized spacial score (nSPS) is 12.0. The van der Waals surface area contributed by atoms with Gasteiger partial charge in [0.25, 0.3) is 0 Å². The summed E-state index contributed by atoms with van der Waals surface area (Å²) in [4.78, 5) is 37.8. The standard InChI is InChI=1S/C50H94O6/c1-4-7-10-13-16-19-22-23-24-25-26-27-29-31-34-37-40-43-49(52)55-46-47(45-54-48(51)42-39-36-33-30-21-18-15-12-9-6-3)56-50(53)44-41-38-35-32-28-20-17-14-11-8-5-2/h14,17,47H,4-13,15-16,18-46H2,1-3H3/b17-14-/t47-/m1/s1. The van der Waals surface area contributed by atoms with Crippen molar-refractivity contribution in [3.63, 3.8) is 0 Å². The van der Waals surface area contributed by atoms with Gasteiger partial charge in [-0.05, 0) is 38.5 Å². The summed E-state index contributed by atoms with van der Waals surface area (Å²) in [5.74, 6) is -0.867. The molecule has 56 heavy (non-hydrogen) atoms. The third-order valence-corrected chi connectivity index (χ3v) is 11.0. The summed E-state index contributed by atoms with van der Waals surface area (Å²) in [6.07, 6.45) is 49.1. The highest BCUT2D eigenvalue weighted by atomic mass is 16.6. The predicted molar refractivity (Wildman–Crippen MR) is 238 cm³/mol. The maximum atomic E-state index is 12.7. The van der Waals surface area contributed by atoms with Crippen LogP contribution in [0.25, 0.3) is 0 Å². The van der Waals surface area contributed by atoms with Crippen LogP contribution in [0.2, 0.25) is 0 Å². The Morgan fingerprint density at radius 1 is 0.339 bits per heavy atom. The van der Waals surface area contributed by atoms with Crippen LogP contribution in [0.1, 0.15) is 271 Å². The molecule has 1 atom stereocenters. The second kappa shape index (κ2) is 45.8. The van der Waals surface area contributed by atoms with Gasteiger partial charge in [0.1, 0.15) is 13.2 Å². The Balaban J connectivity index is 4.27. The summed E-state index contributed by atoms with van der Waals surface area (Å²) >= 11 is 0. The van der Waals surface area contributed by atoms with Gasteiger partial charge in [-0.2, -0.15) is 0 Å². The van der Waals surface area contributed by atoms with Gasteiger partial charge in [0.05, 0.1) is 0 Å². The SMILES string of the molecule is CCCC/C=C\CCCCCCCC(=O)O[C@H](COC(=O)CCCCCCCCCCCC)COC(=O)CCCCCCCCCCCCCCCCCCC. The zero-order chi connectivity index (χ0) is 40.8. The van der Waals surface area contributed by atoms with E-state index in [0.717, 1.165) is 64.2 Å². The van der Waals surface area contributed by atoms with Crippen molar-refractivity contribution in [2.75, 3.05) is 13.2 Å². The third-order valence-electron chi connectivity index (χ3n) is 11.0. The molecular formula is C50H94O6. The lowest BCUT2D eigenvalue weighted by atomic mass is 10.0. The second-order valence-corrected chi connectivity index (χ2v) is 16.7. The number of hydrogen-bond acceptors (Lipinski definition) is 6. The van der Waals surface area contributed by atoms with Crippen LogP contribution < -0.4 is 0 Å². The molecule has 0 saturated carbocycles. The number of allylic oxidation sites excluding steroid dienone is 2. The minimum Gasteiger partial charge on any atom is -0.462 e. The molecule has 0 radical (unpaired) electrons. The van der Waals surface area contributed by atoms with Crippen molar-refractivity contribution in [2.45, 2.75) is 277 Å². The van der Waals surface area contributed by atoms with Gasteiger partial charge in [0.15, 0.2) is 6.10 Å². The number of carbonyl (C=O) groups excluding carboxylic acids is 3. The molecule has 0 unspecified atom stereocenters. The van der Waals surface area contributed by atoms with E-state index in [1.165, 1.54) is 167 Å². The average Bonchev–Trinajstić information content (AvgIpc) is 3.19. The van der Waals surface area contributed by atoms with Gasteiger partial charge in [-0.15, -0.1) is 0 Å². The van der Waals surface area contributed by atoms with Crippen LogP contribution in [0.15, 0.2) is 12.2 Å². The largest absolute Gasteiger partial charge is 0.462 e. The molecule has 0 bridgehead atoms. The first-order chi connectivity index (χ1) is 27.5. The molecule has 0 heterocycles. The van der Waals surface area contributed by atoms with Crippen LogP contribution >= 0.6 is 0 Å². The van der Waals surface area contributed by atoms with E-state index in [9.17, 15) is 14.4 Å². The summed E-state index contributed by atoms with van der Waals surface area (Å²) in [5.41, 5.74) is 0. The van der Waals surface area contributed by atoms with Crippen LogP contribution in [-0.2, 0) is 28.6 Å². The fourth-order valence-electron chi connectivity index (χ4n) is 7.25. The summed E-state index contributed by atoms with van der Waals surface area (Å²) in [6, 6.07) is 0. The lowest BCUT2D eigenvalue weighted by Gasteiger charge is -2.18. The van der Waals surface area contributed by atoms with Crippen molar-refractivity contribution < 1.29 is 28.6 Å². The maximum absolute atomic E-state index is 12.7. The maximum Gasteiger partial charge on any atom is 0.306 e. The second-order valence-electron chi connectivity index (χ2n) is 16.7. The Kier molecular flexibility index (Phi) is 44.3. The predicted octanol–water partition coefficient (Wildman–Crippen LogP) is 15.8. The van der Waals surface area contributed by atoms with Crippen molar-refractivity contribution in [1.82, 2.24) is 0 Å². The van der Waals surface area contributed by atoms with E-state index < -0.39 is 6.10 Å². The molecule has 0 aromatic heterocycles. The van der Waals surface area contributed by atoms with Crippen molar-refractivity contribution >= 4 is 17.9 Å². The van der Waals surface area contributed by atoms with Crippen LogP contribution in [0.3, 0.4) is 0 Å². The van der Waals surface area contributed by atoms with E-state index in [1.807, 2.05) is 0 Å². The summed E-state index contributed by atoms with van der Waals surface area (Å²) < 4.78 is 16.7. The van der Waals surface area contributed by atoms with E-state index in [4.69, 9.17) is 14.2 Å². The van der Waals surface area contributed by atoms with Crippen molar-refractivity contribution in [1.29, 1.82) is 0 Å². The van der Waals surface area contributed by atoms with E-state index >= 15 is 0 Å². The van der Waals surface area contributed by atoms with Gasteiger partial charge in [-0.1, -0.05) is 226 Å². The molecule has 0 amide bonds. The van der Waals surface area contributed by atoms with E-state index in [1.54, 1.807) is 0 Å². The summed E-state index contributed by atoms with van der Waals surface area (Å²) in [5, 5.41) is 0. The Morgan fingerprint density at radius 3 is 0.946 bits per heavy atom. The van der Waals surface area contributed by atoms with Crippen LogP contribution in [0, 0.1) is 0 Å². The zero-order valence-corrected chi connectivity index (χ0v) is 37.7. The third kappa shape index (κ3) is 43.3. The number of unbranched alkanes of at least 4 members (excludes halogenated alkanes) is 32. The molecule has 6 nitrogen and oxygen atoms in total. The van der Waals surface area contributed by atoms with Gasteiger partial charge >= 0.3 is 17.9 Å². The lowest BCUT2D eigenvalue weighted by Crippen LogP contribution is -2.30. The molecule has 0 aromatic rings. The highest BCUT2D eigenvalue weighted by Gasteiger charge is 2.19. The Labute approximate surface area is 348 Å². The quantitative estimate of drug-likeness (QED) is 0.0264. The number of rotatable bonds is 45. The molecule has 330 valence electrons. The molecule has 0 rings (SSSR count). The first-order valence-corrected chi connectivity index (χ1v) is 24.7. The number of ether oxygens (including phenoxy) is 3. The Bertz CT molecular complexity index is 870. The minimum atomic E-state index is -0.766. The van der Waals surface area contributed by atoms with Crippen LogP contribution in [-0.4, -0.2) is 37.2 Å². The molecule has 0 aliphatic rings. The molecule has 0 aliphatic heterocycles. The van der Waals surface area contributed by atoms with Gasteiger partial charge in [0, 0.05) is 19.3 Å². The number of carbonyl (C=O) groups is 3. The number of esters is 3. The van der Waals surface area contributed by atoms with E-state index in [2.05, 4.69) is 32.9 Å². The van der Waals surface area contributed by atoms with Crippen molar-refractivity contribution in [2.24, 2.45) is 0 Å². The summed E-state index contributed by atoms with van der Waals surface area (Å²) in [6.45, 7) is 6.61. The van der Waals surface area contributed by atoms with E-state index in [0.29, 0.717) is 19.3 Å². The van der Waals surface area contributed by atoms with Gasteiger partial charge < -0.3 is 14.2 Å². The average molecular weight is 791 g/mol. The first-order valence-electron chi connectivity index (χ1n) is 24.7. The van der Waals surface area contributed by atoms with E-state index in [-0.39, 0.29) is 31.1 Å². The van der Waals surface area contributed by atoms with Gasteiger partial charge in [-0.3, -0.25) is 14.4 Å². The molecule has 0 aromatic carbocycles. The van der Waals surface area contributed by atoms with Crippen LogP contribution in [0.5, 0.6) is 0 Å². The zero-order valence-electron chi connectivity index (χ0n) is 37.7. The lowest BCUT2D eigenvalue weighted by molar-refractivity contribution is -0.167. The topological polar surface area (TPSA) is 78.9 Å². The fourth-order valence-corrected chi connectivity index (χ4v) is 7.25. The highest BCUT2D eigenvalue weighted by Crippen LogP contribution is 2.16. The first kappa shape index (κ1) is 54.2. The molecule has 0 spiro atoms. The van der Waals surface area contributed by atoms with Gasteiger partial charge in [-0.25, -0.2) is 0 Å². The minimum absolute atomic E-state index is 0.0686. The Morgan fingerprint density at radius 2 is 0.607 bits per heavy atom. The highest BCUT2D eigenvalue weighted by molar-refractivity contribution is 5.71. The molecule has 6 heteroatoms. The fraction of sp³-hybridized carbons (Fsp3) is 0.900. The smallest absolute Gasteiger partial charge is 0.306 e. The summed E-state index contributed by atoms with van der Waals surface area (Å²) in [7, 11) is 0. The van der Waals surface area contributed by atoms with Gasteiger partial charge in [0.2, 0.25) is 0 Å². The molecule has 0 N–H and O–H groups in total.